The molecule has 2 aliphatic heterocycles. The first kappa shape index (κ1) is 43.6. The number of Topliss-reactive ketones (excluding diaryl/α,β-unsaturated/α-hetero) is 1. The molecule has 10 atom stereocenters. The highest BCUT2D eigenvalue weighted by atomic mass is 32.2. The molecule has 0 radical (unpaired) electrons. The summed E-state index contributed by atoms with van der Waals surface area (Å²) in [6.45, 7) is 6.47. The van der Waals surface area contributed by atoms with Crippen molar-refractivity contribution in [3.8, 4) is 11.6 Å². The van der Waals surface area contributed by atoms with Gasteiger partial charge in [0, 0.05) is 30.7 Å². The van der Waals surface area contributed by atoms with Gasteiger partial charge in [-0.2, -0.15) is 8.78 Å². The van der Waals surface area contributed by atoms with E-state index in [4.69, 9.17) is 14.2 Å². The van der Waals surface area contributed by atoms with Gasteiger partial charge < -0.3 is 19.1 Å². The lowest BCUT2D eigenvalue weighted by Crippen LogP contribution is -2.50. The molecule has 6 aliphatic rings. The van der Waals surface area contributed by atoms with Gasteiger partial charge in [-0.25, -0.2) is 27.2 Å². The Kier molecular flexibility index (Phi) is 11.1. The fourth-order valence-electron chi connectivity index (χ4n) is 10.3. The van der Waals surface area contributed by atoms with Crippen LogP contribution in [0.4, 0.5) is 17.6 Å². The predicted octanol–water partition coefficient (Wildman–Crippen LogP) is 6.36. The number of nitrogens with zero attached hydrogens (tertiary/aromatic N) is 3. The maximum absolute atomic E-state index is 16.5. The van der Waals surface area contributed by atoms with Crippen LogP contribution in [0.15, 0.2) is 18.2 Å². The van der Waals surface area contributed by atoms with Gasteiger partial charge in [0.2, 0.25) is 34.1 Å². The van der Waals surface area contributed by atoms with Crippen LogP contribution < -0.4 is 14.2 Å². The van der Waals surface area contributed by atoms with E-state index in [0.29, 0.717) is 49.7 Å². The van der Waals surface area contributed by atoms with Gasteiger partial charge >= 0.3 is 5.97 Å². The monoisotopic (exact) mass is 878 g/mol. The highest BCUT2D eigenvalue weighted by molar-refractivity contribution is 7.90. The number of rotatable bonds is 8. The maximum Gasteiger partial charge on any atom is 0.306 e. The SMILES string of the molecule is COc1ccc2nc3c(nc2c1)O[C@H]1CN(C(=O)[C@H](C(C)(C)C)CC(=O)O[C@@H]2C[C@@H]4C[C@@H]4[C@H]2CCCCC3(F)F)[C@H](C(=O)C[C@]2(C(=O)NS(=O)(=O)C3CC3)C[C@H]2C(F)F)[C@@H]1C. The van der Waals surface area contributed by atoms with Crippen LogP contribution in [-0.2, 0) is 39.9 Å². The number of esters is 1. The number of benzene rings is 1. The van der Waals surface area contributed by atoms with E-state index in [9.17, 15) is 36.4 Å². The zero-order valence-corrected chi connectivity index (χ0v) is 35.8. The number of carbonyl (C=O) groups excluding carboxylic acids is 4. The number of carbonyl (C=O) groups is 4. The predicted molar refractivity (Wildman–Crippen MR) is 211 cm³/mol. The Morgan fingerprint density at radius 3 is 2.41 bits per heavy atom. The first-order valence-electron chi connectivity index (χ1n) is 21.4. The van der Waals surface area contributed by atoms with Crippen LogP contribution in [0.3, 0.4) is 0 Å². The summed E-state index contributed by atoms with van der Waals surface area (Å²) in [7, 11) is -2.73. The Bertz CT molecular complexity index is 2220. The zero-order valence-electron chi connectivity index (χ0n) is 35.0. The minimum Gasteiger partial charge on any atom is -0.497 e. The molecule has 4 saturated carbocycles. The lowest BCUT2D eigenvalue weighted by atomic mass is 9.77. The highest BCUT2D eigenvalue weighted by Crippen LogP contribution is 2.60. The summed E-state index contributed by atoms with van der Waals surface area (Å²) in [5.41, 5.74) is -3.34. The highest BCUT2D eigenvalue weighted by Gasteiger charge is 2.66. The topological polar surface area (TPSA) is 171 Å². The van der Waals surface area contributed by atoms with Gasteiger partial charge in [-0.15, -0.1) is 0 Å². The van der Waals surface area contributed by atoms with Gasteiger partial charge in [-0.3, -0.25) is 23.9 Å². The van der Waals surface area contributed by atoms with E-state index in [-0.39, 0.29) is 36.3 Å². The van der Waals surface area contributed by atoms with Crippen LogP contribution in [0.5, 0.6) is 11.6 Å². The summed E-state index contributed by atoms with van der Waals surface area (Å²) in [6, 6.07) is 3.13. The molecule has 5 fully saturated rings. The molecule has 3 heterocycles. The third-order valence-corrected chi connectivity index (χ3v) is 16.1. The molecule has 2 amide bonds. The average Bonchev–Trinajstić information content (AvgIpc) is 4.11. The summed E-state index contributed by atoms with van der Waals surface area (Å²) in [6.07, 6.45) is -3.47. The quantitative estimate of drug-likeness (QED) is 0.231. The van der Waals surface area contributed by atoms with Crippen molar-refractivity contribution in [1.29, 1.82) is 0 Å². The molecule has 334 valence electrons. The summed E-state index contributed by atoms with van der Waals surface area (Å²) in [5.74, 6) is -9.92. The molecule has 1 saturated heterocycles. The number of ketones is 1. The molecule has 0 unspecified atom stereocenters. The summed E-state index contributed by atoms with van der Waals surface area (Å²) in [4.78, 5) is 67.1. The second kappa shape index (κ2) is 15.6. The van der Waals surface area contributed by atoms with Crippen LogP contribution in [0.25, 0.3) is 11.0 Å². The van der Waals surface area contributed by atoms with Crippen molar-refractivity contribution >= 4 is 44.6 Å². The second-order valence-corrected chi connectivity index (χ2v) is 21.4. The maximum atomic E-state index is 16.5. The van der Waals surface area contributed by atoms with E-state index < -0.39 is 129 Å². The number of aromatic nitrogens is 2. The Balaban J connectivity index is 1.18. The average molecular weight is 879 g/mol. The Hall–Kier alpha value is -4.09. The van der Waals surface area contributed by atoms with E-state index in [1.807, 2.05) is 4.72 Å². The van der Waals surface area contributed by atoms with Crippen molar-refractivity contribution in [3.05, 3.63) is 23.9 Å². The summed E-state index contributed by atoms with van der Waals surface area (Å²) < 4.78 is 107. The molecule has 8 rings (SSSR count). The molecular formula is C43H54F4N4O9S. The van der Waals surface area contributed by atoms with Gasteiger partial charge in [0.15, 0.2) is 11.5 Å². The lowest BCUT2D eigenvalue weighted by Gasteiger charge is -2.35. The molecule has 1 aromatic carbocycles. The second-order valence-electron chi connectivity index (χ2n) is 19.5. The Labute approximate surface area is 352 Å². The number of amides is 2. The van der Waals surface area contributed by atoms with E-state index in [1.165, 1.54) is 24.1 Å². The minimum absolute atomic E-state index is 0.00922. The standard InChI is InChI=1S/C43H54F4N4O9S/c1-21-33-20-51(35(21)31(52)19-42(18-28(42)37(44)45)40(55)50-61(56,57)24-10-11-24)39(54)27(41(2,3)4)17-34(53)59-32-15-22-14-26(22)25(32)8-6-7-13-43(46,47)36-38(60-33)49-30-16-23(58-5)9-12-29(30)48-36/h9,12,16,21-22,24-28,32-33,35,37H,6-8,10-11,13-15,17-20H2,1-5H3,(H,50,55)/t21-,22+,25-,26+,27-,28+,32-,33+,35+,42-/m1/s1. The molecule has 4 aliphatic carbocycles. The number of halogens is 4. The molecule has 1 N–H and O–H groups in total. The van der Waals surface area contributed by atoms with Crippen molar-refractivity contribution in [2.24, 2.45) is 46.3 Å². The number of ether oxygens (including phenoxy) is 3. The fourth-order valence-corrected chi connectivity index (χ4v) is 11.7. The fraction of sp³-hybridized carbons (Fsp3) is 0.721. The number of hydrogen-bond donors (Lipinski definition) is 1. The zero-order chi connectivity index (χ0) is 44.0. The number of alkyl halides is 4. The van der Waals surface area contributed by atoms with Crippen LogP contribution in [0, 0.1) is 46.3 Å². The largest absolute Gasteiger partial charge is 0.497 e. The molecule has 2 aromatic rings. The van der Waals surface area contributed by atoms with Gasteiger partial charge in [-0.05, 0) is 80.2 Å². The molecular weight excluding hydrogens is 825 g/mol. The normalized spacial score (nSPS) is 34.0. The molecule has 0 spiro atoms. The van der Waals surface area contributed by atoms with E-state index in [0.717, 1.165) is 6.42 Å². The number of nitrogens with one attached hydrogen (secondary N) is 1. The lowest BCUT2D eigenvalue weighted by molar-refractivity contribution is -0.158. The van der Waals surface area contributed by atoms with Crippen LogP contribution in [0.1, 0.15) is 104 Å². The van der Waals surface area contributed by atoms with Crippen molar-refractivity contribution in [2.45, 2.75) is 134 Å². The van der Waals surface area contributed by atoms with Gasteiger partial charge in [0.1, 0.15) is 18.0 Å². The van der Waals surface area contributed by atoms with Gasteiger partial charge in [0.25, 0.3) is 5.92 Å². The minimum atomic E-state index is -4.17. The number of fused-ring (bicyclic) bond motifs is 7. The molecule has 2 bridgehead atoms. The van der Waals surface area contributed by atoms with Crippen molar-refractivity contribution in [3.63, 3.8) is 0 Å². The molecule has 1 aromatic heterocycles. The summed E-state index contributed by atoms with van der Waals surface area (Å²) in [5, 5.41) is -0.838. The number of hydrogen-bond acceptors (Lipinski definition) is 11. The Morgan fingerprint density at radius 2 is 1.75 bits per heavy atom. The smallest absolute Gasteiger partial charge is 0.306 e. The van der Waals surface area contributed by atoms with Crippen molar-refractivity contribution < 1.29 is 59.4 Å². The summed E-state index contributed by atoms with van der Waals surface area (Å²) >= 11 is 0. The van der Waals surface area contributed by atoms with Crippen molar-refractivity contribution in [1.82, 2.24) is 19.6 Å². The van der Waals surface area contributed by atoms with Crippen molar-refractivity contribution in [2.75, 3.05) is 13.7 Å². The van der Waals surface area contributed by atoms with Crippen LogP contribution in [0.2, 0.25) is 0 Å². The number of sulfonamides is 1. The van der Waals surface area contributed by atoms with Gasteiger partial charge in [-0.1, -0.05) is 34.1 Å². The first-order valence-corrected chi connectivity index (χ1v) is 23.0. The van der Waals surface area contributed by atoms with Crippen LogP contribution >= 0.6 is 0 Å². The number of methoxy groups -OCH3 is 1. The first-order chi connectivity index (χ1) is 28.6. The third kappa shape index (κ3) is 8.42. The Morgan fingerprint density at radius 1 is 1.02 bits per heavy atom. The molecule has 18 heteroatoms. The molecule has 13 nitrogen and oxygen atoms in total. The third-order valence-electron chi connectivity index (χ3n) is 14.3. The van der Waals surface area contributed by atoms with Gasteiger partial charge in [0.05, 0.1) is 53.7 Å². The van der Waals surface area contributed by atoms with Crippen LogP contribution in [-0.4, -0.2) is 90.4 Å². The van der Waals surface area contributed by atoms with E-state index >= 15 is 8.78 Å². The molecule has 61 heavy (non-hydrogen) atoms. The van der Waals surface area contributed by atoms with E-state index in [1.54, 1.807) is 33.8 Å². The van der Waals surface area contributed by atoms with E-state index in [2.05, 4.69) is 9.97 Å².